The summed E-state index contributed by atoms with van der Waals surface area (Å²) in [5.74, 6) is 0.222. The molecule has 9 heteroatoms. The zero-order valence-electron chi connectivity index (χ0n) is 19.4. The van der Waals surface area contributed by atoms with Crippen molar-refractivity contribution in [2.75, 3.05) is 31.1 Å². The molecule has 2 aliphatic rings. The van der Waals surface area contributed by atoms with Crippen LogP contribution in [-0.2, 0) is 18.4 Å². The van der Waals surface area contributed by atoms with E-state index in [-0.39, 0.29) is 23.3 Å². The Bertz CT molecular complexity index is 1250. The Morgan fingerprint density at radius 1 is 1.06 bits per heavy atom. The van der Waals surface area contributed by atoms with Crippen LogP contribution in [-0.4, -0.2) is 56.2 Å². The van der Waals surface area contributed by atoms with Crippen LogP contribution in [0.1, 0.15) is 25.7 Å². The number of benzene rings is 1. The minimum absolute atomic E-state index is 0.0226. The number of fused-ring (bicyclic) bond motifs is 1. The van der Waals surface area contributed by atoms with E-state index in [4.69, 9.17) is 0 Å². The Morgan fingerprint density at radius 3 is 2.50 bits per heavy atom. The van der Waals surface area contributed by atoms with Crippen molar-refractivity contribution in [2.24, 2.45) is 18.9 Å². The number of pyridine rings is 1. The van der Waals surface area contributed by atoms with Gasteiger partial charge >= 0.3 is 5.69 Å². The molecule has 3 heterocycles. The van der Waals surface area contributed by atoms with Crippen molar-refractivity contribution in [2.45, 2.75) is 32.2 Å². The molecule has 0 radical (unpaired) electrons. The van der Waals surface area contributed by atoms with Crippen LogP contribution in [0, 0.1) is 17.8 Å². The predicted octanol–water partition coefficient (Wildman–Crippen LogP) is 2.73. The number of piperazine rings is 1. The monoisotopic (exact) mass is 467 g/mol. The molecule has 0 bridgehead atoms. The maximum absolute atomic E-state index is 13.4. The normalized spacial score (nSPS) is 21.2. The second-order valence-corrected chi connectivity index (χ2v) is 9.49. The molecule has 1 aliphatic carbocycles. The number of nitrogens with zero attached hydrogens (tertiary/aromatic N) is 5. The van der Waals surface area contributed by atoms with Gasteiger partial charge in [-0.1, -0.05) is 0 Å². The van der Waals surface area contributed by atoms with Crippen molar-refractivity contribution in [1.82, 2.24) is 19.0 Å². The highest BCUT2D eigenvalue weighted by Gasteiger charge is 2.31. The van der Waals surface area contributed by atoms with E-state index in [0.29, 0.717) is 38.6 Å². The number of carbonyl (C=O) groups is 1. The molecular weight excluding hydrogens is 437 g/mol. The van der Waals surface area contributed by atoms with Gasteiger partial charge in [0.05, 0.1) is 11.0 Å². The van der Waals surface area contributed by atoms with Gasteiger partial charge < -0.3 is 14.9 Å². The maximum atomic E-state index is 13.4. The number of phenols is 1. The summed E-state index contributed by atoms with van der Waals surface area (Å²) in [6.45, 7) is 3.24. The lowest BCUT2D eigenvalue weighted by molar-refractivity contribution is -0.137. The van der Waals surface area contributed by atoms with Crippen molar-refractivity contribution in [3.8, 4) is 5.75 Å². The van der Waals surface area contributed by atoms with Gasteiger partial charge in [0.2, 0.25) is 11.9 Å². The van der Waals surface area contributed by atoms with Crippen LogP contribution in [0.5, 0.6) is 5.75 Å². The third-order valence-corrected chi connectivity index (χ3v) is 7.43. The molecule has 0 unspecified atom stereocenters. The van der Waals surface area contributed by atoms with E-state index in [0.717, 1.165) is 42.4 Å². The largest absolute Gasteiger partial charge is 0.508 e. The van der Waals surface area contributed by atoms with E-state index in [2.05, 4.69) is 9.88 Å². The Morgan fingerprint density at radius 2 is 1.79 bits per heavy atom. The lowest BCUT2D eigenvalue weighted by Gasteiger charge is -2.38. The van der Waals surface area contributed by atoms with E-state index in [1.165, 1.54) is 12.3 Å². The third-order valence-electron chi connectivity index (χ3n) is 7.43. The summed E-state index contributed by atoms with van der Waals surface area (Å²) in [7, 11) is 1.75. The smallest absolute Gasteiger partial charge is 0.328 e. The summed E-state index contributed by atoms with van der Waals surface area (Å²) in [6.07, 6.45) is 4.91. The van der Waals surface area contributed by atoms with Crippen LogP contribution < -0.4 is 10.6 Å². The van der Waals surface area contributed by atoms with Gasteiger partial charge in [0, 0.05) is 69.7 Å². The number of phenolic OH excluding ortho intramolecular Hbond substituents is 1. The van der Waals surface area contributed by atoms with Crippen molar-refractivity contribution < 1.29 is 14.3 Å². The van der Waals surface area contributed by atoms with Crippen molar-refractivity contribution in [3.05, 3.63) is 53.0 Å². The third kappa shape index (κ3) is 4.26. The molecule has 180 valence electrons. The van der Waals surface area contributed by atoms with Gasteiger partial charge in [-0.2, -0.15) is 4.39 Å². The lowest BCUT2D eigenvalue weighted by Crippen LogP contribution is -2.50. The molecule has 1 aliphatic heterocycles. The second kappa shape index (κ2) is 9.12. The van der Waals surface area contributed by atoms with Gasteiger partial charge in [-0.3, -0.25) is 13.9 Å². The highest BCUT2D eigenvalue weighted by atomic mass is 19.1. The number of hydrogen-bond donors (Lipinski definition) is 1. The van der Waals surface area contributed by atoms with Gasteiger partial charge in [-0.15, -0.1) is 0 Å². The zero-order valence-corrected chi connectivity index (χ0v) is 19.4. The van der Waals surface area contributed by atoms with Crippen molar-refractivity contribution in [3.63, 3.8) is 0 Å². The SMILES string of the molecule is Cn1c(=O)n(CC2CCC(C(=O)N3CCN(c4ccnc(F)c4)CC3)CC2)c2cc(O)ccc21. The van der Waals surface area contributed by atoms with Gasteiger partial charge in [0.15, 0.2) is 0 Å². The predicted molar refractivity (Wildman–Crippen MR) is 127 cm³/mol. The molecule has 8 nitrogen and oxygen atoms in total. The number of halogens is 1. The second-order valence-electron chi connectivity index (χ2n) is 9.49. The minimum atomic E-state index is -0.490. The summed E-state index contributed by atoms with van der Waals surface area (Å²) in [4.78, 5) is 33.5. The number of carbonyl (C=O) groups excluding carboxylic acids is 1. The first-order chi connectivity index (χ1) is 16.4. The molecule has 1 amide bonds. The molecule has 3 aromatic rings. The quantitative estimate of drug-likeness (QED) is 0.597. The van der Waals surface area contributed by atoms with Gasteiger partial charge in [0.1, 0.15) is 5.75 Å². The fraction of sp³-hybridized carbons (Fsp3) is 0.480. The number of aromatic hydroxyl groups is 1. The van der Waals surface area contributed by atoms with Crippen molar-refractivity contribution >= 4 is 22.6 Å². The highest BCUT2D eigenvalue weighted by molar-refractivity contribution is 5.79. The first kappa shape index (κ1) is 22.4. The number of imidazole rings is 1. The first-order valence-corrected chi connectivity index (χ1v) is 11.9. The number of amides is 1. The van der Waals surface area contributed by atoms with Crippen LogP contribution in [0.4, 0.5) is 10.1 Å². The fourth-order valence-electron chi connectivity index (χ4n) is 5.46. The van der Waals surface area contributed by atoms with Crippen LogP contribution in [0.15, 0.2) is 41.3 Å². The molecule has 1 aromatic carbocycles. The number of anilines is 1. The molecule has 34 heavy (non-hydrogen) atoms. The molecule has 1 saturated carbocycles. The fourth-order valence-corrected chi connectivity index (χ4v) is 5.46. The number of hydrogen-bond acceptors (Lipinski definition) is 5. The summed E-state index contributed by atoms with van der Waals surface area (Å²) in [5, 5.41) is 9.88. The van der Waals surface area contributed by atoms with Gasteiger partial charge in [-0.05, 0) is 49.8 Å². The van der Waals surface area contributed by atoms with Crippen LogP contribution in [0.25, 0.3) is 11.0 Å². The van der Waals surface area contributed by atoms with Crippen LogP contribution >= 0.6 is 0 Å². The minimum Gasteiger partial charge on any atom is -0.508 e. The molecule has 1 saturated heterocycles. The lowest BCUT2D eigenvalue weighted by atomic mass is 9.81. The zero-order chi connectivity index (χ0) is 23.8. The number of aryl methyl sites for hydroxylation is 1. The van der Waals surface area contributed by atoms with Gasteiger partial charge in [0.25, 0.3) is 0 Å². The molecule has 0 spiro atoms. The standard InChI is InChI=1S/C25H30FN5O3/c1-28-21-7-6-20(32)15-22(21)31(25(28)34)16-17-2-4-18(5-3-17)24(33)30-12-10-29(11-13-30)19-8-9-27-23(26)14-19/h6-9,14-15,17-18,32H,2-5,10-13,16H2,1H3. The Hall–Kier alpha value is -3.36. The van der Waals surface area contributed by atoms with E-state index in [1.807, 2.05) is 4.90 Å². The summed E-state index contributed by atoms with van der Waals surface area (Å²) in [5.41, 5.74) is 2.28. The van der Waals surface area contributed by atoms with Crippen LogP contribution in [0.3, 0.4) is 0 Å². The molecular formula is C25H30FN5O3. The average molecular weight is 468 g/mol. The highest BCUT2D eigenvalue weighted by Crippen LogP contribution is 2.32. The molecule has 0 atom stereocenters. The Balaban J connectivity index is 1.17. The molecule has 2 aromatic heterocycles. The van der Waals surface area contributed by atoms with E-state index < -0.39 is 5.95 Å². The molecule has 5 rings (SSSR count). The first-order valence-electron chi connectivity index (χ1n) is 11.9. The average Bonchev–Trinajstić information content (AvgIpc) is 3.08. The number of aromatic nitrogens is 3. The van der Waals surface area contributed by atoms with E-state index in [1.54, 1.807) is 40.4 Å². The van der Waals surface area contributed by atoms with Crippen LogP contribution in [0.2, 0.25) is 0 Å². The molecule has 1 N–H and O–H groups in total. The van der Waals surface area contributed by atoms with E-state index >= 15 is 0 Å². The molecule has 2 fully saturated rings. The Labute approximate surface area is 197 Å². The number of rotatable bonds is 4. The summed E-state index contributed by atoms with van der Waals surface area (Å²) >= 11 is 0. The van der Waals surface area contributed by atoms with Gasteiger partial charge in [-0.25, -0.2) is 9.78 Å². The van der Waals surface area contributed by atoms with E-state index in [9.17, 15) is 19.1 Å². The summed E-state index contributed by atoms with van der Waals surface area (Å²) in [6, 6.07) is 8.24. The van der Waals surface area contributed by atoms with Crippen molar-refractivity contribution in [1.29, 1.82) is 0 Å². The topological polar surface area (TPSA) is 83.6 Å². The summed E-state index contributed by atoms with van der Waals surface area (Å²) < 4.78 is 16.8. The maximum Gasteiger partial charge on any atom is 0.328 e. The Kier molecular flexibility index (Phi) is 6.02.